The molecule has 0 saturated carbocycles. The average Bonchev–Trinajstić information content (AvgIpc) is 3.09. The van der Waals surface area contributed by atoms with Crippen molar-refractivity contribution >= 4 is 45.3 Å². The number of amides is 3. The van der Waals surface area contributed by atoms with Crippen molar-refractivity contribution in [2.75, 3.05) is 11.9 Å². The normalized spacial score (nSPS) is 20.1. The molecule has 1 aliphatic heterocycles. The fourth-order valence-corrected chi connectivity index (χ4v) is 4.65. The Labute approximate surface area is 206 Å². The molecule has 2 aromatic rings. The van der Waals surface area contributed by atoms with Gasteiger partial charge in [-0.3, -0.25) is 19.3 Å². The Hall–Kier alpha value is -3.26. The molecule has 1 aliphatic carbocycles. The van der Waals surface area contributed by atoms with Crippen molar-refractivity contribution in [3.8, 4) is 0 Å². The van der Waals surface area contributed by atoms with E-state index in [9.17, 15) is 19.2 Å². The number of imide groups is 1. The van der Waals surface area contributed by atoms with Crippen molar-refractivity contribution in [1.29, 1.82) is 0 Å². The van der Waals surface area contributed by atoms with Crippen molar-refractivity contribution in [2.24, 2.45) is 11.8 Å². The minimum atomic E-state index is -1.13. The molecule has 34 heavy (non-hydrogen) atoms. The van der Waals surface area contributed by atoms with E-state index >= 15 is 0 Å². The second-order valence-electron chi connectivity index (χ2n) is 8.53. The number of carbonyl (C=O) groups excluding carboxylic acids is 4. The number of carbonyl (C=O) groups is 4. The van der Waals surface area contributed by atoms with E-state index in [1.807, 2.05) is 55.5 Å². The van der Waals surface area contributed by atoms with E-state index in [-0.39, 0.29) is 18.2 Å². The van der Waals surface area contributed by atoms with E-state index in [1.165, 1.54) is 0 Å². The first kappa shape index (κ1) is 23.9. The van der Waals surface area contributed by atoms with Crippen LogP contribution in [0.5, 0.6) is 0 Å². The third kappa shape index (κ3) is 5.12. The first-order valence-corrected chi connectivity index (χ1v) is 11.9. The molecule has 2 aliphatic rings. The molecule has 0 spiro atoms. The molecule has 8 heteroatoms. The number of likely N-dealkylation sites (tertiary alicyclic amines) is 1. The highest BCUT2D eigenvalue weighted by atomic mass is 79.9. The summed E-state index contributed by atoms with van der Waals surface area (Å²) in [7, 11) is 0. The highest BCUT2D eigenvalue weighted by Gasteiger charge is 2.51. The summed E-state index contributed by atoms with van der Waals surface area (Å²) in [6, 6.07) is 13.3. The van der Waals surface area contributed by atoms with Crippen molar-refractivity contribution in [3.63, 3.8) is 0 Å². The van der Waals surface area contributed by atoms with Gasteiger partial charge in [-0.05, 0) is 49.1 Å². The summed E-state index contributed by atoms with van der Waals surface area (Å²) in [6.07, 6.45) is 4.88. The zero-order valence-corrected chi connectivity index (χ0v) is 20.3. The highest BCUT2D eigenvalue weighted by Crippen LogP contribution is 2.36. The Kier molecular flexibility index (Phi) is 7.26. The molecule has 0 unspecified atom stereocenters. The van der Waals surface area contributed by atoms with Gasteiger partial charge in [-0.25, -0.2) is 4.79 Å². The highest BCUT2D eigenvalue weighted by molar-refractivity contribution is 9.10. The first-order valence-electron chi connectivity index (χ1n) is 11.1. The number of rotatable bonds is 7. The monoisotopic (exact) mass is 524 g/mol. The maximum Gasteiger partial charge on any atom is 0.330 e. The number of hydrogen-bond donors (Lipinski definition) is 1. The van der Waals surface area contributed by atoms with Gasteiger partial charge in [0.1, 0.15) is 6.04 Å². The lowest BCUT2D eigenvalue weighted by Gasteiger charge is -2.25. The fraction of sp³-hybridized carbons (Fsp3) is 0.308. The Bertz CT molecular complexity index is 1120. The molecule has 7 nitrogen and oxygen atoms in total. The number of nitrogens with zero attached hydrogens (tertiary/aromatic N) is 1. The topological polar surface area (TPSA) is 92.8 Å². The summed E-state index contributed by atoms with van der Waals surface area (Å²) in [4.78, 5) is 52.8. The van der Waals surface area contributed by atoms with Gasteiger partial charge in [0.15, 0.2) is 6.61 Å². The summed E-state index contributed by atoms with van der Waals surface area (Å²) in [5, 5.41) is 2.69. The van der Waals surface area contributed by atoms with Crippen LogP contribution in [0.3, 0.4) is 0 Å². The van der Waals surface area contributed by atoms with Gasteiger partial charge in [-0.15, -0.1) is 0 Å². The number of nitrogens with one attached hydrogen (secondary N) is 1. The number of fused-ring (bicyclic) bond motifs is 1. The van der Waals surface area contributed by atoms with Gasteiger partial charge >= 0.3 is 5.97 Å². The molecule has 1 fully saturated rings. The summed E-state index contributed by atoms with van der Waals surface area (Å²) in [5.74, 6) is -2.90. The van der Waals surface area contributed by atoms with Gasteiger partial charge in [0.05, 0.1) is 11.8 Å². The second kappa shape index (κ2) is 10.3. The number of anilines is 1. The van der Waals surface area contributed by atoms with Crippen molar-refractivity contribution in [1.82, 2.24) is 4.90 Å². The van der Waals surface area contributed by atoms with Gasteiger partial charge in [-0.2, -0.15) is 0 Å². The maximum absolute atomic E-state index is 13.1. The SMILES string of the molecule is Cc1cc(NC(=O)COC(=O)[C@H](Cc2ccccc2)N2C(=O)[C@@H]3CC=CC[C@H]3C2=O)ccc1Br. The molecule has 3 amide bonds. The molecular formula is C26H25BrN2O5. The Morgan fingerprint density at radius 3 is 2.32 bits per heavy atom. The average molecular weight is 525 g/mol. The number of hydrogen-bond acceptors (Lipinski definition) is 5. The molecule has 1 heterocycles. The summed E-state index contributed by atoms with van der Waals surface area (Å²) in [6.45, 7) is 1.37. The fourth-order valence-electron chi connectivity index (χ4n) is 4.40. The summed E-state index contributed by atoms with van der Waals surface area (Å²) < 4.78 is 6.22. The van der Waals surface area contributed by atoms with Crippen molar-refractivity contribution in [2.45, 2.75) is 32.2 Å². The quantitative estimate of drug-likeness (QED) is 0.337. The molecule has 176 valence electrons. The number of allylic oxidation sites excluding steroid dienone is 2. The van der Waals surface area contributed by atoms with E-state index < -0.39 is 36.4 Å². The molecule has 0 aromatic heterocycles. The third-order valence-corrected chi connectivity index (χ3v) is 7.07. The van der Waals surface area contributed by atoms with Crippen LogP contribution in [0.4, 0.5) is 5.69 Å². The Morgan fingerprint density at radius 2 is 1.71 bits per heavy atom. The number of esters is 1. The number of benzene rings is 2. The number of aryl methyl sites for hydroxylation is 1. The van der Waals surface area contributed by atoms with Crippen LogP contribution in [0, 0.1) is 18.8 Å². The number of ether oxygens (including phenoxy) is 1. The van der Waals surface area contributed by atoms with Crippen LogP contribution >= 0.6 is 15.9 Å². The van der Waals surface area contributed by atoms with Crippen LogP contribution < -0.4 is 5.32 Å². The lowest BCUT2D eigenvalue weighted by molar-refractivity contribution is -0.159. The van der Waals surface area contributed by atoms with Gasteiger partial charge in [0, 0.05) is 16.6 Å². The lowest BCUT2D eigenvalue weighted by Crippen LogP contribution is -2.48. The molecule has 4 rings (SSSR count). The molecule has 2 aromatic carbocycles. The van der Waals surface area contributed by atoms with Crippen LogP contribution in [0.2, 0.25) is 0 Å². The minimum absolute atomic E-state index is 0.123. The first-order chi connectivity index (χ1) is 16.3. The van der Waals surface area contributed by atoms with E-state index in [1.54, 1.807) is 12.1 Å². The van der Waals surface area contributed by atoms with Gasteiger partial charge in [0.2, 0.25) is 11.8 Å². The van der Waals surface area contributed by atoms with E-state index in [0.717, 1.165) is 20.5 Å². The van der Waals surface area contributed by atoms with E-state index in [0.29, 0.717) is 18.5 Å². The van der Waals surface area contributed by atoms with E-state index in [2.05, 4.69) is 21.2 Å². The zero-order chi connectivity index (χ0) is 24.2. The zero-order valence-electron chi connectivity index (χ0n) is 18.7. The van der Waals surface area contributed by atoms with Crippen LogP contribution in [-0.2, 0) is 30.3 Å². The van der Waals surface area contributed by atoms with Gasteiger partial charge < -0.3 is 10.1 Å². The van der Waals surface area contributed by atoms with Crippen molar-refractivity contribution < 1.29 is 23.9 Å². The molecule has 1 N–H and O–H groups in total. The maximum atomic E-state index is 13.1. The molecular weight excluding hydrogens is 500 g/mol. The lowest BCUT2D eigenvalue weighted by atomic mass is 9.85. The van der Waals surface area contributed by atoms with Crippen LogP contribution in [0.1, 0.15) is 24.0 Å². The van der Waals surface area contributed by atoms with Gasteiger partial charge in [0.25, 0.3) is 5.91 Å². The van der Waals surface area contributed by atoms with Crippen molar-refractivity contribution in [3.05, 3.63) is 76.3 Å². The largest absolute Gasteiger partial charge is 0.454 e. The van der Waals surface area contributed by atoms with Crippen LogP contribution in [0.15, 0.2) is 65.2 Å². The summed E-state index contributed by atoms with van der Waals surface area (Å²) in [5.41, 5.74) is 2.30. The standard InChI is InChI=1S/C26H25BrN2O5/c1-16-13-18(11-12-21(16)27)28-23(30)15-34-26(33)22(14-17-7-3-2-4-8-17)29-24(31)19-9-5-6-10-20(19)25(29)32/h2-8,11-13,19-20,22H,9-10,14-15H2,1H3,(H,28,30)/t19-,20-,22+/m1/s1. The predicted octanol–water partition coefficient (Wildman–Crippen LogP) is 3.80. The number of halogens is 1. The van der Waals surface area contributed by atoms with Crippen LogP contribution in [-0.4, -0.2) is 41.2 Å². The van der Waals surface area contributed by atoms with Crippen LogP contribution in [0.25, 0.3) is 0 Å². The minimum Gasteiger partial charge on any atom is -0.454 e. The molecule has 0 radical (unpaired) electrons. The molecule has 3 atom stereocenters. The smallest absolute Gasteiger partial charge is 0.330 e. The molecule has 1 saturated heterocycles. The van der Waals surface area contributed by atoms with Gasteiger partial charge in [-0.1, -0.05) is 58.4 Å². The molecule has 0 bridgehead atoms. The predicted molar refractivity (Wildman–Crippen MR) is 130 cm³/mol. The Balaban J connectivity index is 1.48. The van der Waals surface area contributed by atoms with E-state index in [4.69, 9.17) is 4.74 Å². The third-order valence-electron chi connectivity index (χ3n) is 6.18. The second-order valence-corrected chi connectivity index (χ2v) is 9.38. The Morgan fingerprint density at radius 1 is 1.06 bits per heavy atom. The summed E-state index contributed by atoms with van der Waals surface area (Å²) >= 11 is 3.41.